The molecule has 0 fully saturated rings. The summed E-state index contributed by atoms with van der Waals surface area (Å²) in [4.78, 5) is 39.5. The van der Waals surface area contributed by atoms with E-state index in [1.807, 2.05) is 51.1 Å². The SMILES string of the molecule is CCCCc1c(OC(=O)N(CC)CC)n(-c2ccccc2)n(-c2ccc(OC(C)=O)cc2)c1=O. The number of carbonyl (C=O) groups excluding carboxylic acids is 2. The molecule has 180 valence electrons. The van der Waals surface area contributed by atoms with E-state index >= 15 is 0 Å². The summed E-state index contributed by atoms with van der Waals surface area (Å²) in [6.45, 7) is 8.12. The average molecular weight is 466 g/mol. The third kappa shape index (κ3) is 5.39. The van der Waals surface area contributed by atoms with Gasteiger partial charge in [0.25, 0.3) is 5.56 Å². The van der Waals surface area contributed by atoms with Crippen LogP contribution in [0, 0.1) is 0 Å². The number of hydrogen-bond donors (Lipinski definition) is 0. The van der Waals surface area contributed by atoms with Gasteiger partial charge in [0.1, 0.15) is 5.75 Å². The van der Waals surface area contributed by atoms with E-state index in [1.54, 1.807) is 33.8 Å². The van der Waals surface area contributed by atoms with Crippen LogP contribution in [0.15, 0.2) is 59.4 Å². The molecule has 0 aliphatic rings. The second kappa shape index (κ2) is 11.4. The molecule has 0 aliphatic heterocycles. The molecule has 0 bridgehead atoms. The quantitative estimate of drug-likeness (QED) is 0.337. The molecule has 1 heterocycles. The van der Waals surface area contributed by atoms with Gasteiger partial charge in [-0.1, -0.05) is 31.5 Å². The van der Waals surface area contributed by atoms with E-state index in [0.29, 0.717) is 42.2 Å². The average Bonchev–Trinajstić information content (AvgIpc) is 3.10. The molecule has 2 aromatic carbocycles. The van der Waals surface area contributed by atoms with Gasteiger partial charge in [-0.2, -0.15) is 0 Å². The normalized spacial score (nSPS) is 10.7. The molecule has 0 spiro atoms. The van der Waals surface area contributed by atoms with E-state index in [1.165, 1.54) is 11.6 Å². The predicted molar refractivity (Wildman–Crippen MR) is 130 cm³/mol. The molecule has 8 heteroatoms. The lowest BCUT2D eigenvalue weighted by atomic mass is 10.1. The number of amides is 1. The largest absolute Gasteiger partial charge is 0.427 e. The zero-order chi connectivity index (χ0) is 24.7. The summed E-state index contributed by atoms with van der Waals surface area (Å²) in [6.07, 6.45) is 1.63. The van der Waals surface area contributed by atoms with Gasteiger partial charge < -0.3 is 14.4 Å². The van der Waals surface area contributed by atoms with Crippen LogP contribution in [0.5, 0.6) is 11.6 Å². The van der Waals surface area contributed by atoms with Crippen molar-refractivity contribution in [2.24, 2.45) is 0 Å². The number of ether oxygens (including phenoxy) is 2. The molecule has 3 rings (SSSR count). The molecule has 0 atom stereocenters. The first-order valence-electron chi connectivity index (χ1n) is 11.6. The third-order valence-corrected chi connectivity index (χ3v) is 5.43. The van der Waals surface area contributed by atoms with E-state index in [9.17, 15) is 14.4 Å². The molecule has 34 heavy (non-hydrogen) atoms. The van der Waals surface area contributed by atoms with Gasteiger partial charge in [-0.3, -0.25) is 9.59 Å². The summed E-state index contributed by atoms with van der Waals surface area (Å²) in [7, 11) is 0. The zero-order valence-corrected chi connectivity index (χ0v) is 20.1. The van der Waals surface area contributed by atoms with Gasteiger partial charge in [0, 0.05) is 20.0 Å². The van der Waals surface area contributed by atoms with Gasteiger partial charge in [-0.05, 0) is 63.1 Å². The van der Waals surface area contributed by atoms with Gasteiger partial charge in [-0.25, -0.2) is 14.2 Å². The minimum Gasteiger partial charge on any atom is -0.427 e. The van der Waals surface area contributed by atoms with Crippen LogP contribution in [-0.2, 0) is 11.2 Å². The highest BCUT2D eigenvalue weighted by Crippen LogP contribution is 2.27. The Hall–Kier alpha value is -3.81. The van der Waals surface area contributed by atoms with Crippen molar-refractivity contribution < 1.29 is 19.1 Å². The number of nitrogens with zero attached hydrogens (tertiary/aromatic N) is 3. The first-order chi connectivity index (χ1) is 16.4. The smallest absolute Gasteiger partial charge is 0.416 e. The fourth-order valence-corrected chi connectivity index (χ4v) is 3.69. The van der Waals surface area contributed by atoms with Crippen LogP contribution in [0.25, 0.3) is 11.4 Å². The lowest BCUT2D eigenvalue weighted by molar-refractivity contribution is -0.131. The number of benzene rings is 2. The van der Waals surface area contributed by atoms with Crippen molar-refractivity contribution in [3.63, 3.8) is 0 Å². The Balaban J connectivity index is 2.23. The lowest BCUT2D eigenvalue weighted by Gasteiger charge is -2.20. The predicted octanol–water partition coefficient (Wildman–Crippen LogP) is 4.74. The molecular formula is C26H31N3O5. The van der Waals surface area contributed by atoms with Crippen LogP contribution >= 0.6 is 0 Å². The molecule has 3 aromatic rings. The minimum absolute atomic E-state index is 0.214. The van der Waals surface area contributed by atoms with Crippen LogP contribution in [0.2, 0.25) is 0 Å². The molecule has 0 unspecified atom stereocenters. The second-order valence-corrected chi connectivity index (χ2v) is 7.78. The summed E-state index contributed by atoms with van der Waals surface area (Å²) >= 11 is 0. The Morgan fingerprint density at radius 1 is 0.853 bits per heavy atom. The van der Waals surface area contributed by atoms with Crippen LogP contribution in [0.1, 0.15) is 46.1 Å². The molecule has 0 radical (unpaired) electrons. The standard InChI is InChI=1S/C26H31N3O5/c1-5-8-14-23-24(31)28(21-15-17-22(18-16-21)33-19(4)30)29(20-12-10-9-11-13-20)25(23)34-26(32)27(6-2)7-3/h9-13,15-18H,5-8,14H2,1-4H3. The van der Waals surface area contributed by atoms with Crippen molar-refractivity contribution in [2.45, 2.75) is 47.0 Å². The number of unbranched alkanes of at least 4 members (excludes halogenated alkanes) is 1. The van der Waals surface area contributed by atoms with Crippen molar-refractivity contribution in [3.05, 3.63) is 70.5 Å². The van der Waals surface area contributed by atoms with Crippen molar-refractivity contribution in [1.82, 2.24) is 14.3 Å². The molecule has 0 aliphatic carbocycles. The molecule has 0 saturated carbocycles. The first kappa shape index (κ1) is 24.8. The summed E-state index contributed by atoms with van der Waals surface area (Å²) in [6, 6.07) is 15.9. The second-order valence-electron chi connectivity index (χ2n) is 7.78. The monoisotopic (exact) mass is 465 g/mol. The Kier molecular flexibility index (Phi) is 8.29. The zero-order valence-electron chi connectivity index (χ0n) is 20.1. The molecule has 0 N–H and O–H groups in total. The minimum atomic E-state index is -0.505. The number of carbonyl (C=O) groups is 2. The maximum atomic E-state index is 13.7. The van der Waals surface area contributed by atoms with Gasteiger partial charge >= 0.3 is 12.1 Å². The number of aromatic nitrogens is 2. The molecule has 1 amide bonds. The molecule has 8 nitrogen and oxygen atoms in total. The van der Waals surface area contributed by atoms with Gasteiger partial charge in [-0.15, -0.1) is 0 Å². The highest BCUT2D eigenvalue weighted by molar-refractivity contribution is 5.71. The van der Waals surface area contributed by atoms with E-state index < -0.39 is 12.1 Å². The molecular weight excluding hydrogens is 434 g/mol. The maximum Gasteiger partial charge on any atom is 0.416 e. The van der Waals surface area contributed by atoms with E-state index in [-0.39, 0.29) is 11.4 Å². The van der Waals surface area contributed by atoms with Gasteiger partial charge in [0.05, 0.1) is 16.9 Å². The maximum absolute atomic E-state index is 13.7. The highest BCUT2D eigenvalue weighted by atomic mass is 16.6. The van der Waals surface area contributed by atoms with E-state index in [2.05, 4.69) is 0 Å². The third-order valence-electron chi connectivity index (χ3n) is 5.43. The summed E-state index contributed by atoms with van der Waals surface area (Å²) in [5.74, 6) is 0.164. The van der Waals surface area contributed by atoms with Crippen LogP contribution in [0.4, 0.5) is 4.79 Å². The fraction of sp³-hybridized carbons (Fsp3) is 0.346. The van der Waals surface area contributed by atoms with Crippen molar-refractivity contribution >= 4 is 12.1 Å². The lowest BCUT2D eigenvalue weighted by Crippen LogP contribution is -2.33. The molecule has 1 aromatic heterocycles. The van der Waals surface area contributed by atoms with Crippen LogP contribution < -0.4 is 15.0 Å². The summed E-state index contributed by atoms with van der Waals surface area (Å²) in [5, 5.41) is 0. The highest BCUT2D eigenvalue weighted by Gasteiger charge is 2.26. The summed E-state index contributed by atoms with van der Waals surface area (Å²) < 4.78 is 14.1. The fourth-order valence-electron chi connectivity index (χ4n) is 3.69. The summed E-state index contributed by atoms with van der Waals surface area (Å²) in [5.41, 5.74) is 1.40. The van der Waals surface area contributed by atoms with Crippen LogP contribution in [0.3, 0.4) is 0 Å². The Morgan fingerprint density at radius 2 is 1.47 bits per heavy atom. The molecule has 0 saturated heterocycles. The topological polar surface area (TPSA) is 82.8 Å². The van der Waals surface area contributed by atoms with Crippen molar-refractivity contribution in [1.29, 1.82) is 0 Å². The van der Waals surface area contributed by atoms with Crippen LogP contribution in [-0.4, -0.2) is 39.4 Å². The Morgan fingerprint density at radius 3 is 2.03 bits per heavy atom. The number of para-hydroxylation sites is 1. The van der Waals surface area contributed by atoms with E-state index in [0.717, 1.165) is 12.8 Å². The number of hydrogen-bond acceptors (Lipinski definition) is 5. The first-order valence-corrected chi connectivity index (χ1v) is 11.6. The van der Waals surface area contributed by atoms with Gasteiger partial charge in [0.2, 0.25) is 5.88 Å². The van der Waals surface area contributed by atoms with Crippen molar-refractivity contribution in [2.75, 3.05) is 13.1 Å². The Labute approximate surface area is 199 Å². The Bertz CT molecular complexity index is 1180. The number of esters is 1. The van der Waals surface area contributed by atoms with Gasteiger partial charge in [0.15, 0.2) is 0 Å². The van der Waals surface area contributed by atoms with E-state index in [4.69, 9.17) is 9.47 Å². The number of rotatable bonds is 9. The van der Waals surface area contributed by atoms with Crippen molar-refractivity contribution in [3.8, 4) is 23.0 Å².